The quantitative estimate of drug-likeness (QED) is 0.367. The van der Waals surface area contributed by atoms with E-state index in [-0.39, 0.29) is 45.8 Å². The maximum atomic E-state index is 13.2. The minimum absolute atomic E-state index is 0.0275. The third kappa shape index (κ3) is 3.55. The number of rotatable bonds is 4. The highest BCUT2D eigenvalue weighted by Crippen LogP contribution is 2.68. The SMILES string of the molecule is CC(=O)N[C@]1(C(C)=O)[C@@H](SC#N)CC2C3CC=C4C[C@@H](OC(C)=O)CC[C@]4(C)C3CC[C@@]21C. The van der Waals surface area contributed by atoms with E-state index in [1.807, 2.05) is 0 Å². The van der Waals surface area contributed by atoms with Crippen LogP contribution in [0.25, 0.3) is 0 Å². The number of thioether (sulfide) groups is 1. The molecule has 0 aliphatic heterocycles. The Labute approximate surface area is 201 Å². The first kappa shape index (κ1) is 24.3. The van der Waals surface area contributed by atoms with E-state index in [9.17, 15) is 19.6 Å². The van der Waals surface area contributed by atoms with Crippen LogP contribution in [0.4, 0.5) is 0 Å². The second kappa shape index (κ2) is 8.45. The zero-order chi connectivity index (χ0) is 24.2. The van der Waals surface area contributed by atoms with Gasteiger partial charge in [0, 0.05) is 25.7 Å². The number of amides is 1. The summed E-state index contributed by atoms with van der Waals surface area (Å²) in [7, 11) is 0. The van der Waals surface area contributed by atoms with Crippen LogP contribution in [-0.4, -0.2) is 34.6 Å². The van der Waals surface area contributed by atoms with E-state index in [0.717, 1.165) is 56.7 Å². The number of nitrogens with zero attached hydrogens (tertiary/aromatic N) is 1. The summed E-state index contributed by atoms with van der Waals surface area (Å²) in [5, 5.41) is 14.6. The number of fused-ring (bicyclic) bond motifs is 5. The van der Waals surface area contributed by atoms with Crippen molar-refractivity contribution >= 4 is 29.4 Å². The molecule has 0 bridgehead atoms. The van der Waals surface area contributed by atoms with Crippen LogP contribution in [0.3, 0.4) is 0 Å². The van der Waals surface area contributed by atoms with Crippen molar-refractivity contribution in [2.75, 3.05) is 0 Å². The van der Waals surface area contributed by atoms with E-state index in [0.29, 0.717) is 11.8 Å². The molecule has 4 aliphatic carbocycles. The van der Waals surface area contributed by atoms with Gasteiger partial charge in [0.1, 0.15) is 17.0 Å². The van der Waals surface area contributed by atoms with Gasteiger partial charge in [-0.1, -0.05) is 25.5 Å². The third-order valence-electron chi connectivity index (χ3n) is 9.76. The number of ketones is 1. The zero-order valence-corrected chi connectivity index (χ0v) is 21.2. The molecule has 0 spiro atoms. The van der Waals surface area contributed by atoms with E-state index < -0.39 is 5.54 Å². The molecule has 0 aromatic carbocycles. The standard InChI is InChI=1S/C26H36N2O4S/c1-15(29)26(28-16(2)30)23(33-14-27)13-22-20-7-6-18-12-19(32-17(3)31)8-10-24(18,4)21(20)9-11-25(22,26)5/h6,19-23H,7-13H2,1-5H3,(H,28,30)/t19-,20?,21?,22?,23-,24-,25-,26+/m0/s1. The molecule has 3 unspecified atom stereocenters. The minimum atomic E-state index is -1.01. The molecule has 3 saturated carbocycles. The van der Waals surface area contributed by atoms with Crippen molar-refractivity contribution in [3.63, 3.8) is 0 Å². The second-order valence-electron chi connectivity index (χ2n) is 11.2. The fraction of sp³-hybridized carbons (Fsp3) is 0.769. The number of carbonyl (C=O) groups excluding carboxylic acids is 3. The van der Waals surface area contributed by atoms with Crippen molar-refractivity contribution < 1.29 is 19.1 Å². The lowest BCUT2D eigenvalue weighted by atomic mass is 9.46. The van der Waals surface area contributed by atoms with Gasteiger partial charge in [-0.3, -0.25) is 14.4 Å². The van der Waals surface area contributed by atoms with E-state index in [1.165, 1.54) is 19.4 Å². The van der Waals surface area contributed by atoms with E-state index >= 15 is 0 Å². The molecule has 4 rings (SSSR count). The zero-order valence-electron chi connectivity index (χ0n) is 20.4. The van der Waals surface area contributed by atoms with Gasteiger partial charge in [0.05, 0.1) is 5.25 Å². The number of ether oxygens (including phenoxy) is 1. The fourth-order valence-electron chi connectivity index (χ4n) is 8.40. The first-order valence-electron chi connectivity index (χ1n) is 12.2. The summed E-state index contributed by atoms with van der Waals surface area (Å²) in [5.41, 5.74) is 0.114. The van der Waals surface area contributed by atoms with E-state index in [1.54, 1.807) is 6.92 Å². The summed E-state index contributed by atoms with van der Waals surface area (Å²) < 4.78 is 5.55. The largest absolute Gasteiger partial charge is 0.462 e. The van der Waals surface area contributed by atoms with Gasteiger partial charge in [-0.2, -0.15) is 5.26 Å². The summed E-state index contributed by atoms with van der Waals surface area (Å²) in [5.74, 6) is 0.727. The molecule has 8 atom stereocenters. The van der Waals surface area contributed by atoms with Crippen molar-refractivity contribution in [2.45, 2.75) is 96.5 Å². The third-order valence-corrected chi connectivity index (χ3v) is 10.7. The van der Waals surface area contributed by atoms with Crippen LogP contribution in [0.1, 0.15) is 79.6 Å². The first-order chi connectivity index (χ1) is 15.5. The molecule has 3 fully saturated rings. The summed E-state index contributed by atoms with van der Waals surface area (Å²) in [6.45, 7) is 9.09. The van der Waals surface area contributed by atoms with Gasteiger partial charge in [-0.15, -0.1) is 0 Å². The van der Waals surface area contributed by atoms with Crippen molar-refractivity contribution in [1.29, 1.82) is 5.26 Å². The highest BCUT2D eigenvalue weighted by Gasteiger charge is 2.70. The summed E-state index contributed by atoms with van der Waals surface area (Å²) in [6.07, 6.45) is 8.63. The summed E-state index contributed by atoms with van der Waals surface area (Å²) >= 11 is 1.15. The van der Waals surface area contributed by atoms with Crippen LogP contribution >= 0.6 is 11.8 Å². The number of carbonyl (C=O) groups is 3. The van der Waals surface area contributed by atoms with Gasteiger partial charge >= 0.3 is 5.97 Å². The van der Waals surface area contributed by atoms with Crippen LogP contribution in [-0.2, 0) is 19.1 Å². The molecule has 180 valence electrons. The predicted octanol–water partition coefficient (Wildman–Crippen LogP) is 4.54. The molecular formula is C26H36N2O4S. The van der Waals surface area contributed by atoms with Crippen molar-refractivity contribution in [2.24, 2.45) is 28.6 Å². The first-order valence-corrected chi connectivity index (χ1v) is 13.1. The van der Waals surface area contributed by atoms with Gasteiger partial charge in [0.25, 0.3) is 0 Å². The van der Waals surface area contributed by atoms with Gasteiger partial charge < -0.3 is 10.1 Å². The molecule has 7 heteroatoms. The predicted molar refractivity (Wildman–Crippen MR) is 127 cm³/mol. The number of nitrogens with one attached hydrogen (secondary N) is 1. The lowest BCUT2D eigenvalue weighted by molar-refractivity contribution is -0.149. The smallest absolute Gasteiger partial charge is 0.302 e. The Balaban J connectivity index is 1.70. The summed E-state index contributed by atoms with van der Waals surface area (Å²) in [6, 6.07) is 0. The Morgan fingerprint density at radius 1 is 1.15 bits per heavy atom. The average Bonchev–Trinajstić information content (AvgIpc) is 2.97. The number of nitriles is 1. The van der Waals surface area contributed by atoms with Crippen LogP contribution < -0.4 is 5.32 Å². The fourth-order valence-corrected chi connectivity index (χ4v) is 9.50. The number of esters is 1. The van der Waals surface area contributed by atoms with Gasteiger partial charge in [-0.25, -0.2) is 0 Å². The number of thiocyanates is 1. The lowest BCUT2D eigenvalue weighted by Gasteiger charge is -2.59. The molecule has 33 heavy (non-hydrogen) atoms. The monoisotopic (exact) mass is 472 g/mol. The Kier molecular flexibility index (Phi) is 6.22. The Hall–Kier alpha value is -1.81. The number of allylic oxidation sites excluding steroid dienone is 1. The molecule has 1 amide bonds. The molecule has 1 N–H and O–H groups in total. The Morgan fingerprint density at radius 3 is 2.48 bits per heavy atom. The number of hydrogen-bond donors (Lipinski definition) is 1. The number of Topliss-reactive ketones (excluding diaryl/α,β-unsaturated/α-hetero) is 1. The normalized spacial score (nSPS) is 43.8. The molecule has 0 saturated heterocycles. The van der Waals surface area contributed by atoms with E-state index in [4.69, 9.17) is 4.74 Å². The maximum Gasteiger partial charge on any atom is 0.302 e. The van der Waals surface area contributed by atoms with Gasteiger partial charge in [-0.05, 0) is 80.4 Å². The molecule has 0 radical (unpaired) electrons. The van der Waals surface area contributed by atoms with Gasteiger partial charge in [0.15, 0.2) is 5.78 Å². The average molecular weight is 473 g/mol. The van der Waals surface area contributed by atoms with Crippen LogP contribution in [0.2, 0.25) is 0 Å². The van der Waals surface area contributed by atoms with Crippen LogP contribution in [0.15, 0.2) is 11.6 Å². The molecule has 0 aromatic heterocycles. The summed E-state index contributed by atoms with van der Waals surface area (Å²) in [4.78, 5) is 37.0. The highest BCUT2D eigenvalue weighted by atomic mass is 32.2. The molecule has 0 aromatic rings. The topological polar surface area (TPSA) is 96.3 Å². The Morgan fingerprint density at radius 2 is 1.88 bits per heavy atom. The Bertz CT molecular complexity index is 941. The van der Waals surface area contributed by atoms with Crippen LogP contribution in [0, 0.1) is 39.2 Å². The number of hydrogen-bond acceptors (Lipinski definition) is 6. The molecule has 6 nitrogen and oxygen atoms in total. The van der Waals surface area contributed by atoms with Crippen molar-refractivity contribution in [1.82, 2.24) is 5.32 Å². The van der Waals surface area contributed by atoms with Crippen LogP contribution in [0.5, 0.6) is 0 Å². The second-order valence-corrected chi connectivity index (χ2v) is 12.2. The highest BCUT2D eigenvalue weighted by molar-refractivity contribution is 8.04. The minimum Gasteiger partial charge on any atom is -0.462 e. The molecular weight excluding hydrogens is 436 g/mol. The molecule has 4 aliphatic rings. The maximum absolute atomic E-state index is 13.2. The van der Waals surface area contributed by atoms with Crippen molar-refractivity contribution in [3.05, 3.63) is 11.6 Å². The van der Waals surface area contributed by atoms with Crippen molar-refractivity contribution in [3.8, 4) is 5.40 Å². The molecule has 0 heterocycles. The van der Waals surface area contributed by atoms with Gasteiger partial charge in [0.2, 0.25) is 5.91 Å². The lowest BCUT2D eigenvalue weighted by Crippen LogP contribution is -2.67. The van der Waals surface area contributed by atoms with E-state index in [2.05, 4.69) is 30.6 Å².